The largest absolute Gasteiger partial charge is 0.872 e. The molecule has 0 amide bonds. The van der Waals surface area contributed by atoms with E-state index in [9.17, 15) is 20.1 Å². The van der Waals surface area contributed by atoms with E-state index in [4.69, 9.17) is 4.42 Å². The molecule has 128 valence electrons. The highest BCUT2D eigenvalue weighted by molar-refractivity contribution is 5.89. The molecule has 0 bridgehead atoms. The molecule has 0 aliphatic carbocycles. The molecule has 0 spiro atoms. The molecular weight excluding hydrogens is 320 g/mol. The quantitative estimate of drug-likeness (QED) is 0.714. The van der Waals surface area contributed by atoms with Crippen LogP contribution in [0.1, 0.15) is 19.4 Å². The maximum atomic E-state index is 12.8. The molecule has 0 radical (unpaired) electrons. The molecule has 1 aromatic heterocycles. The highest BCUT2D eigenvalue weighted by atomic mass is 16.3. The van der Waals surface area contributed by atoms with E-state index >= 15 is 0 Å². The molecular formula is C20H17O5-. The number of hydrogen-bond donors (Lipinski definition) is 2. The monoisotopic (exact) mass is 337 g/mol. The summed E-state index contributed by atoms with van der Waals surface area (Å²) in [6.07, 6.45) is 3.31. The summed E-state index contributed by atoms with van der Waals surface area (Å²) in [4.78, 5) is 12.8. The molecule has 0 fully saturated rings. The van der Waals surface area contributed by atoms with Gasteiger partial charge >= 0.3 is 0 Å². The zero-order valence-corrected chi connectivity index (χ0v) is 13.9. The number of phenolic OH excluding ortho intramolecular Hbond substituents is 2. The van der Waals surface area contributed by atoms with E-state index in [2.05, 4.69) is 0 Å². The van der Waals surface area contributed by atoms with Crippen LogP contribution in [-0.4, -0.2) is 10.2 Å². The first-order valence-corrected chi connectivity index (χ1v) is 7.78. The normalized spacial score (nSPS) is 10.8. The van der Waals surface area contributed by atoms with Gasteiger partial charge < -0.3 is 19.7 Å². The Bertz CT molecular complexity index is 1020. The lowest BCUT2D eigenvalue weighted by atomic mass is 10.0. The highest BCUT2D eigenvalue weighted by Crippen LogP contribution is 2.34. The van der Waals surface area contributed by atoms with Gasteiger partial charge in [-0.1, -0.05) is 29.5 Å². The predicted octanol–water partition coefficient (Wildman–Crippen LogP) is 3.45. The number of allylic oxidation sites excluding steroid dienone is 2. The molecule has 3 rings (SSSR count). The maximum absolute atomic E-state index is 12.8. The van der Waals surface area contributed by atoms with Crippen LogP contribution in [0.15, 0.2) is 57.5 Å². The first kappa shape index (κ1) is 16.6. The number of benzene rings is 2. The lowest BCUT2D eigenvalue weighted by Crippen LogP contribution is -2.10. The Labute approximate surface area is 144 Å². The SMILES string of the molecule is CC(C)=CCc1c(O)cc2occ(-c3ccc(O)cc3)c(=O)c2c1[O-]. The van der Waals surface area contributed by atoms with Crippen molar-refractivity contribution in [3.05, 3.63) is 64.0 Å². The number of fused-ring (bicyclic) bond motifs is 1. The topological polar surface area (TPSA) is 93.7 Å². The Morgan fingerprint density at radius 3 is 2.52 bits per heavy atom. The highest BCUT2D eigenvalue weighted by Gasteiger charge is 2.14. The van der Waals surface area contributed by atoms with E-state index in [1.54, 1.807) is 12.1 Å². The van der Waals surface area contributed by atoms with Crippen molar-refractivity contribution in [1.29, 1.82) is 0 Å². The second-order valence-corrected chi connectivity index (χ2v) is 6.09. The van der Waals surface area contributed by atoms with Crippen LogP contribution < -0.4 is 10.5 Å². The summed E-state index contributed by atoms with van der Waals surface area (Å²) < 4.78 is 5.41. The molecule has 0 saturated heterocycles. The zero-order valence-electron chi connectivity index (χ0n) is 13.9. The molecule has 0 aliphatic rings. The van der Waals surface area contributed by atoms with E-state index in [0.717, 1.165) is 5.57 Å². The Balaban J connectivity index is 2.25. The third-order valence-electron chi connectivity index (χ3n) is 3.99. The fraction of sp³-hybridized carbons (Fsp3) is 0.150. The second-order valence-electron chi connectivity index (χ2n) is 6.09. The minimum atomic E-state index is -0.526. The Kier molecular flexibility index (Phi) is 4.23. The fourth-order valence-electron chi connectivity index (χ4n) is 2.62. The molecule has 2 aromatic carbocycles. The molecule has 3 aromatic rings. The maximum Gasteiger partial charge on any atom is 0.199 e. The third-order valence-corrected chi connectivity index (χ3v) is 3.99. The number of hydrogen-bond acceptors (Lipinski definition) is 5. The van der Waals surface area contributed by atoms with Gasteiger partial charge in [0.15, 0.2) is 5.43 Å². The van der Waals surface area contributed by atoms with Crippen molar-refractivity contribution in [3.63, 3.8) is 0 Å². The van der Waals surface area contributed by atoms with Crippen LogP contribution in [-0.2, 0) is 6.42 Å². The number of aromatic hydroxyl groups is 2. The number of rotatable bonds is 3. The van der Waals surface area contributed by atoms with Crippen molar-refractivity contribution in [2.45, 2.75) is 20.3 Å². The van der Waals surface area contributed by atoms with Gasteiger partial charge in [-0.05, 0) is 43.5 Å². The average Bonchev–Trinajstić information content (AvgIpc) is 2.55. The molecule has 1 heterocycles. The van der Waals surface area contributed by atoms with Gasteiger partial charge in [-0.15, -0.1) is 0 Å². The van der Waals surface area contributed by atoms with Crippen molar-refractivity contribution in [2.75, 3.05) is 0 Å². The molecule has 0 atom stereocenters. The summed E-state index contributed by atoms with van der Waals surface area (Å²) in [5, 5.41) is 32.1. The van der Waals surface area contributed by atoms with Gasteiger partial charge in [0.1, 0.15) is 23.3 Å². The van der Waals surface area contributed by atoms with Crippen LogP contribution in [0.5, 0.6) is 17.2 Å². The van der Waals surface area contributed by atoms with Crippen LogP contribution >= 0.6 is 0 Å². The average molecular weight is 337 g/mol. The Morgan fingerprint density at radius 2 is 1.88 bits per heavy atom. The van der Waals surface area contributed by atoms with Crippen LogP contribution in [0.4, 0.5) is 0 Å². The van der Waals surface area contributed by atoms with Crippen molar-refractivity contribution >= 4 is 11.0 Å². The van der Waals surface area contributed by atoms with E-state index in [0.29, 0.717) is 5.56 Å². The molecule has 0 aliphatic heterocycles. The van der Waals surface area contributed by atoms with E-state index in [1.807, 2.05) is 19.9 Å². The minimum Gasteiger partial charge on any atom is -0.872 e. The van der Waals surface area contributed by atoms with Gasteiger partial charge in [0.25, 0.3) is 0 Å². The Morgan fingerprint density at radius 1 is 1.20 bits per heavy atom. The van der Waals surface area contributed by atoms with E-state index in [-0.39, 0.29) is 40.0 Å². The molecule has 5 nitrogen and oxygen atoms in total. The van der Waals surface area contributed by atoms with Gasteiger partial charge in [0.05, 0.1) is 10.9 Å². The summed E-state index contributed by atoms with van der Waals surface area (Å²) >= 11 is 0. The van der Waals surface area contributed by atoms with Gasteiger partial charge in [-0.25, -0.2) is 0 Å². The van der Waals surface area contributed by atoms with E-state index < -0.39 is 11.2 Å². The van der Waals surface area contributed by atoms with Gasteiger partial charge in [0, 0.05) is 6.07 Å². The molecule has 0 unspecified atom stereocenters. The van der Waals surface area contributed by atoms with Crippen molar-refractivity contribution in [3.8, 4) is 28.4 Å². The summed E-state index contributed by atoms with van der Waals surface area (Å²) in [5.74, 6) is -0.634. The fourth-order valence-corrected chi connectivity index (χ4v) is 2.62. The molecule has 5 heteroatoms. The van der Waals surface area contributed by atoms with Crippen molar-refractivity contribution in [1.82, 2.24) is 0 Å². The second kappa shape index (κ2) is 6.36. The molecule has 25 heavy (non-hydrogen) atoms. The van der Waals surface area contributed by atoms with Crippen molar-refractivity contribution in [2.24, 2.45) is 0 Å². The predicted molar refractivity (Wildman–Crippen MR) is 93.8 cm³/mol. The van der Waals surface area contributed by atoms with Gasteiger partial charge in [-0.3, -0.25) is 4.79 Å². The third kappa shape index (κ3) is 3.08. The van der Waals surface area contributed by atoms with Crippen LogP contribution in [0.25, 0.3) is 22.1 Å². The van der Waals surface area contributed by atoms with Crippen molar-refractivity contribution < 1.29 is 19.7 Å². The first-order chi connectivity index (χ1) is 11.9. The standard InChI is InChI=1S/C20H18O5/c1-11(2)3-8-14-16(22)9-17-18(19(14)23)20(24)15(10-25-17)12-4-6-13(21)7-5-12/h3-7,9-10,21-23H,8H2,1-2H3/p-1. The number of phenols is 2. The summed E-state index contributed by atoms with van der Waals surface area (Å²) in [5.41, 5.74) is 1.52. The van der Waals surface area contributed by atoms with Crippen LogP contribution in [0.2, 0.25) is 0 Å². The van der Waals surface area contributed by atoms with Gasteiger partial charge in [0.2, 0.25) is 0 Å². The first-order valence-electron chi connectivity index (χ1n) is 7.78. The lowest BCUT2D eigenvalue weighted by molar-refractivity contribution is -0.267. The van der Waals surface area contributed by atoms with E-state index in [1.165, 1.54) is 24.5 Å². The zero-order chi connectivity index (χ0) is 18.1. The smallest absolute Gasteiger partial charge is 0.199 e. The van der Waals surface area contributed by atoms with Gasteiger partial charge in [-0.2, -0.15) is 0 Å². The lowest BCUT2D eigenvalue weighted by Gasteiger charge is -2.17. The summed E-state index contributed by atoms with van der Waals surface area (Å²) in [7, 11) is 0. The minimum absolute atomic E-state index is 0.0518. The molecule has 0 saturated carbocycles. The molecule has 2 N–H and O–H groups in total. The van der Waals surface area contributed by atoms with Crippen LogP contribution in [0, 0.1) is 0 Å². The Hall–Kier alpha value is -3.21. The summed E-state index contributed by atoms with van der Waals surface area (Å²) in [6, 6.07) is 7.35. The summed E-state index contributed by atoms with van der Waals surface area (Å²) in [6.45, 7) is 3.78. The van der Waals surface area contributed by atoms with Crippen LogP contribution in [0.3, 0.4) is 0 Å².